The van der Waals surface area contributed by atoms with Crippen molar-refractivity contribution in [2.24, 2.45) is 5.92 Å². The van der Waals surface area contributed by atoms with E-state index in [-0.39, 0.29) is 0 Å². The number of aromatic amines is 1. The minimum Gasteiger partial charge on any atom is -0.299 e. The van der Waals surface area contributed by atoms with Gasteiger partial charge in [-0.15, -0.1) is 0 Å². The largest absolute Gasteiger partial charge is 0.299 e. The Morgan fingerprint density at radius 1 is 1.37 bits per heavy atom. The average molecular weight is 255 g/mol. The second kappa shape index (κ2) is 5.17. The molecule has 3 nitrogen and oxygen atoms in total. The highest BCUT2D eigenvalue weighted by Gasteiger charge is 2.14. The maximum atomic E-state index is 4.08. The predicted molar refractivity (Wildman–Crippen MR) is 80.0 cm³/mol. The highest BCUT2D eigenvalue weighted by molar-refractivity contribution is 5.83. The third kappa shape index (κ3) is 2.71. The first-order valence-corrected chi connectivity index (χ1v) is 7.07. The predicted octanol–water partition coefficient (Wildman–Crippen LogP) is 3.31. The Labute approximate surface area is 114 Å². The van der Waals surface area contributed by atoms with E-state index in [4.69, 9.17) is 0 Å². The number of nitrogens with zero attached hydrogens (tertiary/aromatic N) is 2. The van der Waals surface area contributed by atoms with Gasteiger partial charge >= 0.3 is 0 Å². The van der Waals surface area contributed by atoms with Gasteiger partial charge < -0.3 is 0 Å². The minimum atomic E-state index is 0.747. The van der Waals surface area contributed by atoms with Crippen LogP contribution in [0.4, 0.5) is 0 Å². The topological polar surface area (TPSA) is 31.9 Å². The van der Waals surface area contributed by atoms with Crippen LogP contribution >= 0.6 is 0 Å². The molecule has 0 unspecified atom stereocenters. The first-order chi connectivity index (χ1) is 9.22. The second-order valence-corrected chi connectivity index (χ2v) is 5.80. The zero-order valence-electron chi connectivity index (χ0n) is 11.7. The molecule has 1 aromatic heterocycles. The summed E-state index contributed by atoms with van der Waals surface area (Å²) < 4.78 is 0. The van der Waals surface area contributed by atoms with Crippen LogP contribution in [0.25, 0.3) is 16.5 Å². The van der Waals surface area contributed by atoms with Crippen LogP contribution in [0.2, 0.25) is 0 Å². The van der Waals surface area contributed by atoms with Crippen LogP contribution in [0, 0.1) is 5.92 Å². The van der Waals surface area contributed by atoms with E-state index in [1.807, 2.05) is 6.20 Å². The molecule has 1 aliphatic rings. The smallest absolute Gasteiger partial charge is 0.0650 e. The maximum Gasteiger partial charge on any atom is 0.0650 e. The summed E-state index contributed by atoms with van der Waals surface area (Å²) in [5.74, 6) is 0.747. The first kappa shape index (κ1) is 12.4. The number of H-pyrrole nitrogens is 1. The van der Waals surface area contributed by atoms with Gasteiger partial charge in [-0.25, -0.2) is 0 Å². The molecule has 100 valence electrons. The SMILES string of the molecule is CC(C)CN1CC=C(c2ccc3[nH]ncc3c2)CC1. The van der Waals surface area contributed by atoms with Crippen LogP contribution in [-0.4, -0.2) is 34.7 Å². The fourth-order valence-electron chi connectivity index (χ4n) is 2.80. The molecule has 1 aliphatic heterocycles. The van der Waals surface area contributed by atoms with Gasteiger partial charge in [-0.3, -0.25) is 10.00 Å². The summed E-state index contributed by atoms with van der Waals surface area (Å²) in [6.07, 6.45) is 5.43. The van der Waals surface area contributed by atoms with Gasteiger partial charge in [-0.05, 0) is 35.6 Å². The van der Waals surface area contributed by atoms with E-state index >= 15 is 0 Å². The zero-order valence-corrected chi connectivity index (χ0v) is 11.7. The Balaban J connectivity index is 1.77. The Bertz CT molecular complexity index is 595. The molecule has 2 heterocycles. The molecule has 3 rings (SSSR count). The maximum absolute atomic E-state index is 4.08. The summed E-state index contributed by atoms with van der Waals surface area (Å²) in [5, 5.41) is 8.28. The molecule has 0 saturated carbocycles. The van der Waals surface area contributed by atoms with Gasteiger partial charge in [0.15, 0.2) is 0 Å². The van der Waals surface area contributed by atoms with Crippen molar-refractivity contribution in [3.05, 3.63) is 36.0 Å². The molecule has 1 N–H and O–H groups in total. The molecular weight excluding hydrogens is 234 g/mol. The van der Waals surface area contributed by atoms with E-state index in [1.165, 1.54) is 29.6 Å². The number of aromatic nitrogens is 2. The van der Waals surface area contributed by atoms with Crippen molar-refractivity contribution in [1.29, 1.82) is 0 Å². The molecule has 0 radical (unpaired) electrons. The van der Waals surface area contributed by atoms with Crippen LogP contribution in [0.5, 0.6) is 0 Å². The molecule has 0 amide bonds. The lowest BCUT2D eigenvalue weighted by Crippen LogP contribution is -2.31. The van der Waals surface area contributed by atoms with E-state index in [0.717, 1.165) is 24.4 Å². The Morgan fingerprint density at radius 2 is 2.26 bits per heavy atom. The van der Waals surface area contributed by atoms with Crippen molar-refractivity contribution in [1.82, 2.24) is 15.1 Å². The van der Waals surface area contributed by atoms with Crippen molar-refractivity contribution in [3.8, 4) is 0 Å². The Kier molecular flexibility index (Phi) is 3.38. The first-order valence-electron chi connectivity index (χ1n) is 7.07. The number of nitrogens with one attached hydrogen (secondary N) is 1. The van der Waals surface area contributed by atoms with Crippen molar-refractivity contribution < 1.29 is 0 Å². The van der Waals surface area contributed by atoms with Gasteiger partial charge in [0.25, 0.3) is 0 Å². The quantitative estimate of drug-likeness (QED) is 0.912. The van der Waals surface area contributed by atoms with Gasteiger partial charge in [0.2, 0.25) is 0 Å². The van der Waals surface area contributed by atoms with Crippen molar-refractivity contribution >= 4 is 16.5 Å². The molecule has 0 atom stereocenters. The van der Waals surface area contributed by atoms with Crippen LogP contribution in [0.3, 0.4) is 0 Å². The molecule has 1 aromatic carbocycles. The van der Waals surface area contributed by atoms with E-state index in [9.17, 15) is 0 Å². The van der Waals surface area contributed by atoms with Gasteiger partial charge in [-0.2, -0.15) is 5.10 Å². The number of benzene rings is 1. The minimum absolute atomic E-state index is 0.747. The third-order valence-electron chi connectivity index (χ3n) is 3.73. The zero-order chi connectivity index (χ0) is 13.2. The lowest BCUT2D eigenvalue weighted by atomic mass is 9.98. The van der Waals surface area contributed by atoms with Crippen molar-refractivity contribution in [3.63, 3.8) is 0 Å². The van der Waals surface area contributed by atoms with E-state index in [0.29, 0.717) is 0 Å². The lowest BCUT2D eigenvalue weighted by Gasteiger charge is -2.27. The fraction of sp³-hybridized carbons (Fsp3) is 0.438. The summed E-state index contributed by atoms with van der Waals surface area (Å²) in [5.41, 5.74) is 3.93. The average Bonchev–Trinajstić information content (AvgIpc) is 2.86. The van der Waals surface area contributed by atoms with Gasteiger partial charge in [-0.1, -0.05) is 26.0 Å². The van der Waals surface area contributed by atoms with E-state index in [1.54, 1.807) is 0 Å². The van der Waals surface area contributed by atoms with Crippen LogP contribution in [-0.2, 0) is 0 Å². The fourth-order valence-corrected chi connectivity index (χ4v) is 2.80. The summed E-state index contributed by atoms with van der Waals surface area (Å²) in [6, 6.07) is 6.56. The molecule has 2 aromatic rings. The van der Waals surface area contributed by atoms with Gasteiger partial charge in [0, 0.05) is 25.0 Å². The normalized spacial score (nSPS) is 17.1. The molecule has 3 heteroatoms. The highest BCUT2D eigenvalue weighted by atomic mass is 15.1. The lowest BCUT2D eigenvalue weighted by molar-refractivity contribution is 0.268. The monoisotopic (exact) mass is 255 g/mol. The molecular formula is C16H21N3. The Hall–Kier alpha value is -1.61. The number of rotatable bonds is 3. The Morgan fingerprint density at radius 3 is 3.00 bits per heavy atom. The molecule has 0 saturated heterocycles. The second-order valence-electron chi connectivity index (χ2n) is 5.80. The molecule has 0 aliphatic carbocycles. The number of fused-ring (bicyclic) bond motifs is 1. The third-order valence-corrected chi connectivity index (χ3v) is 3.73. The summed E-state index contributed by atoms with van der Waals surface area (Å²) in [4.78, 5) is 2.53. The molecule has 0 spiro atoms. The van der Waals surface area contributed by atoms with Crippen molar-refractivity contribution in [2.45, 2.75) is 20.3 Å². The summed E-state index contributed by atoms with van der Waals surface area (Å²) in [7, 11) is 0. The van der Waals surface area contributed by atoms with E-state index in [2.05, 4.69) is 53.2 Å². The number of hydrogen-bond donors (Lipinski definition) is 1. The highest BCUT2D eigenvalue weighted by Crippen LogP contribution is 2.25. The van der Waals surface area contributed by atoms with Crippen molar-refractivity contribution in [2.75, 3.05) is 19.6 Å². The molecule has 0 bridgehead atoms. The van der Waals surface area contributed by atoms with Crippen LogP contribution in [0.1, 0.15) is 25.8 Å². The van der Waals surface area contributed by atoms with E-state index < -0.39 is 0 Å². The van der Waals surface area contributed by atoms with Crippen LogP contribution in [0.15, 0.2) is 30.5 Å². The standard InChI is InChI=1S/C16H21N3/c1-12(2)11-19-7-5-13(6-8-19)14-3-4-16-15(9-14)10-17-18-16/h3-5,9-10,12H,6-8,11H2,1-2H3,(H,17,18). The van der Waals surface area contributed by atoms with Gasteiger partial charge in [0.1, 0.15) is 0 Å². The van der Waals surface area contributed by atoms with Crippen LogP contribution < -0.4 is 0 Å². The van der Waals surface area contributed by atoms with Gasteiger partial charge in [0.05, 0.1) is 11.7 Å². The number of hydrogen-bond acceptors (Lipinski definition) is 2. The summed E-state index contributed by atoms with van der Waals surface area (Å²) in [6.45, 7) is 8.02. The molecule has 0 fully saturated rings. The molecule has 19 heavy (non-hydrogen) atoms. The summed E-state index contributed by atoms with van der Waals surface area (Å²) >= 11 is 0.